The molecule has 0 aliphatic rings. The highest BCUT2D eigenvalue weighted by atomic mass is 32.2. The predicted molar refractivity (Wildman–Crippen MR) is 113 cm³/mol. The molecule has 8 heteroatoms. The van der Waals surface area contributed by atoms with Crippen LogP contribution in [0.4, 0.5) is 5.69 Å². The molecule has 0 aliphatic heterocycles. The molecule has 158 valence electrons. The molecule has 2 aromatic rings. The number of carbonyl (C=O) groups excluding carboxylic acids is 1. The van der Waals surface area contributed by atoms with Gasteiger partial charge in [0.05, 0.1) is 20.3 Å². The van der Waals surface area contributed by atoms with Crippen molar-refractivity contribution in [2.45, 2.75) is 31.6 Å². The lowest BCUT2D eigenvalue weighted by atomic mass is 10.0. The lowest BCUT2D eigenvalue weighted by Gasteiger charge is -2.20. The minimum Gasteiger partial charge on any atom is -0.495 e. The Kier molecular flexibility index (Phi) is 7.64. The van der Waals surface area contributed by atoms with Crippen LogP contribution in [0.1, 0.15) is 32.3 Å². The summed E-state index contributed by atoms with van der Waals surface area (Å²) in [5, 5.41) is 2.69. The zero-order valence-electron chi connectivity index (χ0n) is 17.4. The molecule has 0 radical (unpaired) electrons. The summed E-state index contributed by atoms with van der Waals surface area (Å²) in [6, 6.07) is 11.9. The van der Waals surface area contributed by atoms with Gasteiger partial charge in [-0.2, -0.15) is 4.31 Å². The summed E-state index contributed by atoms with van der Waals surface area (Å²) in [5.41, 5.74) is 1.43. The first-order chi connectivity index (χ1) is 13.7. The van der Waals surface area contributed by atoms with E-state index in [-0.39, 0.29) is 23.1 Å². The van der Waals surface area contributed by atoms with Crippen LogP contribution in [-0.4, -0.2) is 45.9 Å². The van der Waals surface area contributed by atoms with Crippen molar-refractivity contribution in [1.82, 2.24) is 4.31 Å². The Hall–Kier alpha value is -2.58. The molecule has 0 spiro atoms. The minimum absolute atomic E-state index is 0.0440. The number of carbonyl (C=O) groups is 1. The number of hydrogen-bond acceptors (Lipinski definition) is 5. The molecule has 0 bridgehead atoms. The van der Waals surface area contributed by atoms with Crippen LogP contribution in [0.15, 0.2) is 47.4 Å². The lowest BCUT2D eigenvalue weighted by molar-refractivity contribution is -0.116. The Labute approximate surface area is 172 Å². The number of methoxy groups -OCH3 is 1. The average molecular weight is 421 g/mol. The van der Waals surface area contributed by atoms with Crippen LogP contribution in [-0.2, 0) is 14.8 Å². The van der Waals surface area contributed by atoms with E-state index in [1.165, 1.54) is 14.2 Å². The van der Waals surface area contributed by atoms with E-state index < -0.39 is 15.9 Å². The summed E-state index contributed by atoms with van der Waals surface area (Å²) in [6.45, 7) is 6.07. The monoisotopic (exact) mass is 420 g/mol. The van der Waals surface area contributed by atoms with Crippen LogP contribution in [0, 0.1) is 0 Å². The fourth-order valence-corrected chi connectivity index (χ4v) is 4.02. The van der Waals surface area contributed by atoms with Gasteiger partial charge < -0.3 is 14.8 Å². The minimum atomic E-state index is -3.91. The zero-order valence-corrected chi connectivity index (χ0v) is 18.2. The number of anilines is 1. The molecular weight excluding hydrogens is 392 g/mol. The second-order valence-electron chi connectivity index (χ2n) is 6.83. The van der Waals surface area contributed by atoms with Crippen molar-refractivity contribution in [3.05, 3.63) is 48.0 Å². The quantitative estimate of drug-likeness (QED) is 0.671. The van der Waals surface area contributed by atoms with Crippen molar-refractivity contribution >= 4 is 21.6 Å². The van der Waals surface area contributed by atoms with E-state index in [2.05, 4.69) is 5.32 Å². The third-order valence-electron chi connectivity index (χ3n) is 4.36. The van der Waals surface area contributed by atoms with Gasteiger partial charge in [-0.1, -0.05) is 19.9 Å². The highest BCUT2D eigenvalue weighted by Gasteiger charge is 2.27. The fraction of sp³-hybridized carbons (Fsp3) is 0.381. The van der Waals surface area contributed by atoms with Crippen LogP contribution < -0.4 is 14.8 Å². The number of ether oxygens (including phenoxy) is 2. The van der Waals surface area contributed by atoms with E-state index in [1.807, 2.05) is 26.8 Å². The lowest BCUT2D eigenvalue weighted by Crippen LogP contribution is -2.35. The first-order valence-corrected chi connectivity index (χ1v) is 10.8. The largest absolute Gasteiger partial charge is 0.495 e. The number of rotatable bonds is 9. The molecular formula is C21H28N2O5S. The van der Waals surface area contributed by atoms with E-state index in [4.69, 9.17) is 9.47 Å². The highest BCUT2D eigenvalue weighted by molar-refractivity contribution is 7.89. The van der Waals surface area contributed by atoms with Gasteiger partial charge in [-0.15, -0.1) is 0 Å². The third-order valence-corrected chi connectivity index (χ3v) is 6.18. The van der Waals surface area contributed by atoms with Gasteiger partial charge in [0, 0.05) is 12.7 Å². The topological polar surface area (TPSA) is 84.9 Å². The number of likely N-dealkylation sites (N-methyl/N-ethyl adjacent to an activating group) is 1. The number of amides is 1. The summed E-state index contributed by atoms with van der Waals surface area (Å²) in [4.78, 5) is 12.4. The van der Waals surface area contributed by atoms with Crippen LogP contribution in [0.3, 0.4) is 0 Å². The van der Waals surface area contributed by atoms with E-state index in [1.54, 1.807) is 36.4 Å². The maximum Gasteiger partial charge on any atom is 0.246 e. The number of benzene rings is 2. The summed E-state index contributed by atoms with van der Waals surface area (Å²) in [6.07, 6.45) is 0. The normalized spacial score (nSPS) is 11.6. The van der Waals surface area contributed by atoms with E-state index in [0.29, 0.717) is 18.0 Å². The maximum atomic E-state index is 13.0. The Balaban J connectivity index is 2.15. The van der Waals surface area contributed by atoms with Gasteiger partial charge in [-0.05, 0) is 54.8 Å². The van der Waals surface area contributed by atoms with Crippen LogP contribution >= 0.6 is 0 Å². The summed E-state index contributed by atoms with van der Waals surface area (Å²) >= 11 is 0. The van der Waals surface area contributed by atoms with Gasteiger partial charge in [0.25, 0.3) is 0 Å². The second-order valence-corrected chi connectivity index (χ2v) is 8.84. The van der Waals surface area contributed by atoms with E-state index >= 15 is 0 Å². The molecule has 1 amide bonds. The van der Waals surface area contributed by atoms with Crippen LogP contribution in [0.25, 0.3) is 0 Å². The van der Waals surface area contributed by atoms with Crippen molar-refractivity contribution in [2.75, 3.05) is 32.6 Å². The zero-order chi connectivity index (χ0) is 21.6. The molecule has 0 fully saturated rings. The molecule has 7 nitrogen and oxygen atoms in total. The first-order valence-electron chi connectivity index (χ1n) is 9.36. The molecule has 1 N–H and O–H groups in total. The Bertz CT molecular complexity index is 940. The van der Waals surface area contributed by atoms with Gasteiger partial charge in [0.1, 0.15) is 16.4 Å². The SMILES string of the molecule is CCOc1ccc(NC(=O)CN(C)S(=O)(=O)c2cc(C(C)C)ccc2OC)cc1. The maximum absolute atomic E-state index is 13.0. The van der Waals surface area contributed by atoms with Gasteiger partial charge in [0.15, 0.2) is 0 Å². The van der Waals surface area contributed by atoms with Crippen molar-refractivity contribution in [3.8, 4) is 11.5 Å². The number of hydrogen-bond donors (Lipinski definition) is 1. The number of sulfonamides is 1. The molecule has 2 aromatic carbocycles. The molecule has 0 heterocycles. The second kappa shape index (κ2) is 9.76. The van der Waals surface area contributed by atoms with Gasteiger partial charge in [-0.3, -0.25) is 4.79 Å². The molecule has 0 unspecified atom stereocenters. The Morgan fingerprint density at radius 1 is 1.14 bits per heavy atom. The molecule has 0 saturated carbocycles. The molecule has 0 atom stereocenters. The Morgan fingerprint density at radius 3 is 2.34 bits per heavy atom. The molecule has 0 aromatic heterocycles. The molecule has 0 saturated heterocycles. The average Bonchev–Trinajstić information content (AvgIpc) is 2.68. The molecule has 2 rings (SSSR count). The first kappa shape index (κ1) is 22.7. The van der Waals surface area contributed by atoms with Crippen LogP contribution in [0.2, 0.25) is 0 Å². The third kappa shape index (κ3) is 5.71. The van der Waals surface area contributed by atoms with Crippen LogP contribution in [0.5, 0.6) is 11.5 Å². The molecule has 0 aliphatic carbocycles. The number of nitrogens with one attached hydrogen (secondary N) is 1. The highest BCUT2D eigenvalue weighted by Crippen LogP contribution is 2.30. The summed E-state index contributed by atoms with van der Waals surface area (Å²) in [7, 11) is -1.12. The Morgan fingerprint density at radius 2 is 1.79 bits per heavy atom. The smallest absolute Gasteiger partial charge is 0.246 e. The summed E-state index contributed by atoms with van der Waals surface area (Å²) < 4.78 is 37.7. The standard InChI is InChI=1S/C21H28N2O5S/c1-6-28-18-10-8-17(9-11-18)22-21(24)14-23(4)29(25,26)20-13-16(15(2)3)7-12-19(20)27-5/h7-13,15H,6,14H2,1-5H3,(H,22,24). The fourth-order valence-electron chi connectivity index (χ4n) is 2.71. The van der Waals surface area contributed by atoms with Crippen molar-refractivity contribution in [1.29, 1.82) is 0 Å². The van der Waals surface area contributed by atoms with E-state index in [9.17, 15) is 13.2 Å². The summed E-state index contributed by atoms with van der Waals surface area (Å²) in [5.74, 6) is 0.651. The van der Waals surface area contributed by atoms with E-state index in [0.717, 1.165) is 9.87 Å². The molecule has 29 heavy (non-hydrogen) atoms. The van der Waals surface area contributed by atoms with Crippen molar-refractivity contribution < 1.29 is 22.7 Å². The van der Waals surface area contributed by atoms with Crippen molar-refractivity contribution in [3.63, 3.8) is 0 Å². The predicted octanol–water partition coefficient (Wildman–Crippen LogP) is 3.48. The van der Waals surface area contributed by atoms with Gasteiger partial charge in [-0.25, -0.2) is 8.42 Å². The number of nitrogens with zero attached hydrogens (tertiary/aromatic N) is 1. The van der Waals surface area contributed by atoms with Gasteiger partial charge in [0.2, 0.25) is 15.9 Å². The van der Waals surface area contributed by atoms with Gasteiger partial charge >= 0.3 is 0 Å². The van der Waals surface area contributed by atoms with Crippen molar-refractivity contribution in [2.24, 2.45) is 0 Å².